The number of aliphatic hydroxyl groups is 1. The Morgan fingerprint density at radius 2 is 2.30 bits per heavy atom. The van der Waals surface area contributed by atoms with Gasteiger partial charge in [-0.05, 0) is 36.8 Å². The summed E-state index contributed by atoms with van der Waals surface area (Å²) in [7, 11) is 0. The van der Waals surface area contributed by atoms with E-state index >= 15 is 0 Å². The predicted molar refractivity (Wildman–Crippen MR) is 81.0 cm³/mol. The van der Waals surface area contributed by atoms with Crippen LogP contribution in [-0.2, 0) is 0 Å². The average molecular weight is 279 g/mol. The quantitative estimate of drug-likeness (QED) is 0.861. The number of nitrogens with two attached hydrogens (primary N) is 1. The third-order valence-electron chi connectivity index (χ3n) is 3.53. The number of rotatable bonds is 5. The molecule has 1 aliphatic rings. The van der Waals surface area contributed by atoms with E-state index < -0.39 is 0 Å². The molecule has 5 heteroatoms. The van der Waals surface area contributed by atoms with Crippen molar-refractivity contribution in [2.75, 3.05) is 36.9 Å². The van der Waals surface area contributed by atoms with E-state index in [-0.39, 0.29) is 6.61 Å². The van der Waals surface area contributed by atoms with E-state index in [2.05, 4.69) is 23.7 Å². The third kappa shape index (κ3) is 3.76. The smallest absolute Gasteiger partial charge is 0.239 e. The van der Waals surface area contributed by atoms with Crippen molar-refractivity contribution in [3.8, 4) is 5.88 Å². The molecule has 1 aromatic rings. The maximum atomic E-state index is 9.31. The number of aromatic nitrogens is 1. The van der Waals surface area contributed by atoms with Crippen LogP contribution in [0.4, 0.5) is 11.5 Å². The van der Waals surface area contributed by atoms with Crippen LogP contribution in [0.5, 0.6) is 5.88 Å². The number of nitrogen functional groups attached to an aromatic ring is 1. The summed E-state index contributed by atoms with van der Waals surface area (Å²) in [6.07, 6.45) is 2.16. The van der Waals surface area contributed by atoms with Crippen molar-refractivity contribution < 1.29 is 9.84 Å². The Labute approximate surface area is 120 Å². The van der Waals surface area contributed by atoms with Crippen LogP contribution in [0, 0.1) is 11.8 Å². The van der Waals surface area contributed by atoms with E-state index in [4.69, 9.17) is 10.5 Å². The molecule has 1 aromatic heterocycles. The molecular formula is C15H25N3O2. The number of anilines is 2. The highest BCUT2D eigenvalue weighted by molar-refractivity contribution is 5.54. The van der Waals surface area contributed by atoms with Crippen molar-refractivity contribution >= 4 is 11.5 Å². The number of piperidine rings is 1. The topological polar surface area (TPSA) is 71.6 Å². The SMILES string of the molecule is CC(C)COc1nc(N2CCCC(CO)C2)ccc1N. The number of hydrogen-bond acceptors (Lipinski definition) is 5. The van der Waals surface area contributed by atoms with E-state index in [0.717, 1.165) is 31.7 Å². The van der Waals surface area contributed by atoms with E-state index in [0.29, 0.717) is 30.0 Å². The summed E-state index contributed by atoms with van der Waals surface area (Å²) >= 11 is 0. The lowest BCUT2D eigenvalue weighted by Gasteiger charge is -2.32. The van der Waals surface area contributed by atoms with Crippen LogP contribution in [0.25, 0.3) is 0 Å². The first-order valence-corrected chi connectivity index (χ1v) is 7.35. The molecule has 0 radical (unpaired) electrons. The van der Waals surface area contributed by atoms with Crippen LogP contribution >= 0.6 is 0 Å². The molecule has 112 valence electrons. The van der Waals surface area contributed by atoms with Crippen molar-refractivity contribution in [1.29, 1.82) is 0 Å². The minimum Gasteiger partial charge on any atom is -0.476 e. The maximum Gasteiger partial charge on any atom is 0.239 e. The van der Waals surface area contributed by atoms with Crippen LogP contribution in [0.3, 0.4) is 0 Å². The van der Waals surface area contributed by atoms with E-state index in [9.17, 15) is 5.11 Å². The number of aliphatic hydroxyl groups excluding tert-OH is 1. The largest absolute Gasteiger partial charge is 0.476 e. The molecule has 1 fully saturated rings. The van der Waals surface area contributed by atoms with Gasteiger partial charge in [0, 0.05) is 19.7 Å². The Bertz CT molecular complexity index is 437. The highest BCUT2D eigenvalue weighted by Crippen LogP contribution is 2.26. The molecule has 20 heavy (non-hydrogen) atoms. The van der Waals surface area contributed by atoms with Gasteiger partial charge in [0.15, 0.2) is 0 Å². The lowest BCUT2D eigenvalue weighted by molar-refractivity contribution is 0.208. The van der Waals surface area contributed by atoms with Gasteiger partial charge in [0.1, 0.15) is 5.82 Å². The molecule has 3 N–H and O–H groups in total. The molecule has 1 saturated heterocycles. The van der Waals surface area contributed by atoms with Gasteiger partial charge in [-0.2, -0.15) is 4.98 Å². The van der Waals surface area contributed by atoms with Gasteiger partial charge in [-0.1, -0.05) is 13.8 Å². The van der Waals surface area contributed by atoms with Crippen LogP contribution in [0.1, 0.15) is 26.7 Å². The standard InChI is InChI=1S/C15H25N3O2/c1-11(2)10-20-15-13(16)5-6-14(17-15)18-7-3-4-12(8-18)9-19/h5-6,11-12,19H,3-4,7-10,16H2,1-2H3. The monoisotopic (exact) mass is 279 g/mol. The number of hydrogen-bond donors (Lipinski definition) is 2. The molecular weight excluding hydrogens is 254 g/mol. The van der Waals surface area contributed by atoms with E-state index in [1.165, 1.54) is 0 Å². The Kier molecular flexibility index (Phi) is 5.06. The van der Waals surface area contributed by atoms with Gasteiger partial charge in [0.2, 0.25) is 5.88 Å². The zero-order valence-corrected chi connectivity index (χ0v) is 12.4. The van der Waals surface area contributed by atoms with Crippen LogP contribution in [0.15, 0.2) is 12.1 Å². The fourth-order valence-corrected chi connectivity index (χ4v) is 2.40. The highest BCUT2D eigenvalue weighted by Gasteiger charge is 2.21. The fraction of sp³-hybridized carbons (Fsp3) is 0.667. The summed E-state index contributed by atoms with van der Waals surface area (Å²) in [5.74, 6) is 2.18. The minimum absolute atomic E-state index is 0.238. The minimum atomic E-state index is 0.238. The van der Waals surface area contributed by atoms with Gasteiger partial charge in [-0.3, -0.25) is 0 Å². The Morgan fingerprint density at radius 1 is 1.50 bits per heavy atom. The number of pyridine rings is 1. The third-order valence-corrected chi connectivity index (χ3v) is 3.53. The normalized spacial score (nSPS) is 19.4. The zero-order chi connectivity index (χ0) is 14.5. The Balaban J connectivity index is 2.09. The van der Waals surface area contributed by atoms with E-state index in [1.807, 2.05) is 12.1 Å². The summed E-state index contributed by atoms with van der Waals surface area (Å²) in [6, 6.07) is 3.78. The van der Waals surface area contributed by atoms with Crippen molar-refractivity contribution in [3.05, 3.63) is 12.1 Å². The summed E-state index contributed by atoms with van der Waals surface area (Å²) in [5.41, 5.74) is 6.49. The first kappa shape index (κ1) is 14.9. The average Bonchev–Trinajstić information content (AvgIpc) is 2.46. The van der Waals surface area contributed by atoms with Gasteiger partial charge >= 0.3 is 0 Å². The second kappa shape index (κ2) is 6.79. The molecule has 0 spiro atoms. The molecule has 2 heterocycles. The molecule has 0 aromatic carbocycles. The summed E-state index contributed by atoms with van der Waals surface area (Å²) in [5, 5.41) is 9.31. The molecule has 0 amide bonds. The summed E-state index contributed by atoms with van der Waals surface area (Å²) in [4.78, 5) is 6.73. The molecule has 1 unspecified atom stereocenters. The zero-order valence-electron chi connectivity index (χ0n) is 12.4. The predicted octanol–water partition coefficient (Wildman–Crippen LogP) is 1.91. The molecule has 0 saturated carbocycles. The van der Waals surface area contributed by atoms with Crippen molar-refractivity contribution in [3.63, 3.8) is 0 Å². The second-order valence-electron chi connectivity index (χ2n) is 5.91. The van der Waals surface area contributed by atoms with Crippen LogP contribution < -0.4 is 15.4 Å². The van der Waals surface area contributed by atoms with Gasteiger partial charge in [0.25, 0.3) is 0 Å². The van der Waals surface area contributed by atoms with Gasteiger partial charge in [-0.15, -0.1) is 0 Å². The molecule has 5 nitrogen and oxygen atoms in total. The number of ether oxygens (including phenoxy) is 1. The lowest BCUT2D eigenvalue weighted by atomic mass is 9.99. The van der Waals surface area contributed by atoms with Crippen molar-refractivity contribution in [2.45, 2.75) is 26.7 Å². The van der Waals surface area contributed by atoms with Crippen LogP contribution in [0.2, 0.25) is 0 Å². The first-order chi connectivity index (χ1) is 9.60. The van der Waals surface area contributed by atoms with Crippen LogP contribution in [-0.4, -0.2) is 36.4 Å². The van der Waals surface area contributed by atoms with Crippen molar-refractivity contribution in [2.24, 2.45) is 11.8 Å². The molecule has 0 aliphatic carbocycles. The maximum absolute atomic E-state index is 9.31. The summed E-state index contributed by atoms with van der Waals surface area (Å²) in [6.45, 7) is 6.85. The van der Waals surface area contributed by atoms with Crippen molar-refractivity contribution in [1.82, 2.24) is 4.98 Å². The van der Waals surface area contributed by atoms with Gasteiger partial charge in [-0.25, -0.2) is 0 Å². The fourth-order valence-electron chi connectivity index (χ4n) is 2.40. The second-order valence-corrected chi connectivity index (χ2v) is 5.91. The molecule has 2 rings (SSSR count). The van der Waals surface area contributed by atoms with Gasteiger partial charge in [0.05, 0.1) is 12.3 Å². The molecule has 1 aliphatic heterocycles. The Morgan fingerprint density at radius 3 is 3.00 bits per heavy atom. The Hall–Kier alpha value is -1.49. The molecule has 0 bridgehead atoms. The molecule has 1 atom stereocenters. The van der Waals surface area contributed by atoms with Gasteiger partial charge < -0.3 is 20.5 Å². The highest BCUT2D eigenvalue weighted by atomic mass is 16.5. The first-order valence-electron chi connectivity index (χ1n) is 7.35. The lowest BCUT2D eigenvalue weighted by Crippen LogP contribution is -2.37. The number of nitrogens with zero attached hydrogens (tertiary/aromatic N) is 2. The van der Waals surface area contributed by atoms with E-state index in [1.54, 1.807) is 0 Å². The summed E-state index contributed by atoms with van der Waals surface area (Å²) < 4.78 is 5.67.